The fraction of sp³-hybridized carbons (Fsp3) is 0.560. The van der Waals surface area contributed by atoms with Crippen molar-refractivity contribution >= 4 is 17.4 Å². The number of rotatable bonds is 7. The molecule has 7 nitrogen and oxygen atoms in total. The van der Waals surface area contributed by atoms with Crippen molar-refractivity contribution in [2.45, 2.75) is 38.1 Å². The van der Waals surface area contributed by atoms with Gasteiger partial charge in [0.1, 0.15) is 6.04 Å². The Morgan fingerprint density at radius 1 is 1.09 bits per heavy atom. The second kappa shape index (κ2) is 10.3. The molecule has 2 fully saturated rings. The summed E-state index contributed by atoms with van der Waals surface area (Å²) in [6, 6.07) is 9.35. The zero-order valence-electron chi connectivity index (χ0n) is 18.9. The molecule has 3 heterocycles. The second-order valence-electron chi connectivity index (χ2n) is 9.20. The van der Waals surface area contributed by atoms with Crippen molar-refractivity contribution in [2.75, 3.05) is 39.8 Å². The van der Waals surface area contributed by atoms with Crippen molar-refractivity contribution in [2.24, 2.45) is 17.0 Å². The maximum absolute atomic E-state index is 12.8. The van der Waals surface area contributed by atoms with Crippen molar-refractivity contribution in [1.82, 2.24) is 14.7 Å². The lowest BCUT2D eigenvalue weighted by Crippen LogP contribution is -2.46. The number of hydrogen-bond acceptors (Lipinski definition) is 6. The number of carbonyl (C=O) groups excluding carboxylic acids is 2. The number of Topliss-reactive ketones (excluding diaryl/α,β-unsaturated/α-hetero) is 1. The molecule has 0 bridgehead atoms. The van der Waals surface area contributed by atoms with Crippen molar-refractivity contribution in [1.29, 1.82) is 0 Å². The molecule has 1 aromatic carbocycles. The van der Waals surface area contributed by atoms with Crippen molar-refractivity contribution in [3.8, 4) is 0 Å². The van der Waals surface area contributed by atoms with Gasteiger partial charge in [0.25, 0.3) is 0 Å². The third kappa shape index (κ3) is 4.88. The highest BCUT2D eigenvalue weighted by Gasteiger charge is 2.41. The van der Waals surface area contributed by atoms with Crippen molar-refractivity contribution < 1.29 is 14.8 Å². The highest BCUT2D eigenvalue weighted by atomic mass is 16.4. The molecule has 32 heavy (non-hydrogen) atoms. The Morgan fingerprint density at radius 3 is 2.53 bits per heavy atom. The fourth-order valence-electron chi connectivity index (χ4n) is 5.20. The number of fused-ring (bicyclic) bond motifs is 1. The van der Waals surface area contributed by atoms with E-state index < -0.39 is 0 Å². The Kier molecular flexibility index (Phi) is 7.25. The molecule has 7 heteroatoms. The summed E-state index contributed by atoms with van der Waals surface area (Å²) in [6.07, 6.45) is 8.53. The number of amides is 1. The van der Waals surface area contributed by atoms with Crippen LogP contribution in [0, 0.1) is 11.8 Å². The number of ketones is 1. The number of benzene rings is 1. The minimum Gasteiger partial charge on any atom is -0.411 e. The van der Waals surface area contributed by atoms with Gasteiger partial charge in [-0.1, -0.05) is 41.6 Å². The minimum absolute atomic E-state index is 0.101. The molecular weight excluding hydrogens is 404 g/mol. The molecule has 2 unspecified atom stereocenters. The van der Waals surface area contributed by atoms with Gasteiger partial charge in [0.2, 0.25) is 5.91 Å². The first-order valence-electron chi connectivity index (χ1n) is 11.8. The lowest BCUT2D eigenvalue weighted by atomic mass is 9.89. The molecule has 3 aliphatic heterocycles. The van der Waals surface area contributed by atoms with Crippen LogP contribution in [0.2, 0.25) is 0 Å². The Hall–Kier alpha value is -2.67. The van der Waals surface area contributed by atoms with Crippen LogP contribution in [0.25, 0.3) is 0 Å². The molecule has 0 spiro atoms. The molecule has 1 aromatic rings. The maximum Gasteiger partial charge on any atom is 0.246 e. The molecule has 4 rings (SSSR count). The van der Waals surface area contributed by atoms with Crippen LogP contribution in [-0.2, 0) is 4.79 Å². The summed E-state index contributed by atoms with van der Waals surface area (Å²) in [5, 5.41) is 12.9. The summed E-state index contributed by atoms with van der Waals surface area (Å²) in [5.41, 5.74) is 1.52. The number of unbranched alkanes of at least 4 members (excludes halogenated alkanes) is 1. The quantitative estimate of drug-likeness (QED) is 0.307. The highest BCUT2D eigenvalue weighted by molar-refractivity contribution is 5.98. The average Bonchev–Trinajstić information content (AvgIpc) is 3.20. The summed E-state index contributed by atoms with van der Waals surface area (Å²) in [5.74, 6) is 0.396. The van der Waals surface area contributed by atoms with E-state index >= 15 is 0 Å². The number of nitrogens with zero attached hydrogens (tertiary/aromatic N) is 4. The van der Waals surface area contributed by atoms with E-state index in [0.717, 1.165) is 57.4 Å². The number of oxime groups is 1. The SMILES string of the molecule is CN1CC/C(=N/O)C2C=CN(CCCCN3CCC(C(=O)c4ccccc4)CC3)C2C1=O. The Balaban J connectivity index is 1.20. The molecule has 172 valence electrons. The second-order valence-corrected chi connectivity index (χ2v) is 9.20. The van der Waals surface area contributed by atoms with Gasteiger partial charge in [0.05, 0.1) is 5.71 Å². The molecule has 2 atom stereocenters. The number of hydrogen-bond donors (Lipinski definition) is 1. The third-order valence-corrected chi connectivity index (χ3v) is 7.19. The van der Waals surface area contributed by atoms with E-state index in [-0.39, 0.29) is 29.6 Å². The summed E-state index contributed by atoms with van der Waals surface area (Å²) in [7, 11) is 1.82. The smallest absolute Gasteiger partial charge is 0.246 e. The molecule has 3 aliphatic rings. The Morgan fingerprint density at radius 2 is 1.81 bits per heavy atom. The van der Waals surface area contributed by atoms with E-state index in [9.17, 15) is 14.8 Å². The van der Waals surface area contributed by atoms with Crippen LogP contribution >= 0.6 is 0 Å². The molecular formula is C25H34N4O3. The summed E-state index contributed by atoms with van der Waals surface area (Å²) >= 11 is 0. The highest BCUT2D eigenvalue weighted by Crippen LogP contribution is 2.29. The summed E-state index contributed by atoms with van der Waals surface area (Å²) in [6.45, 7) is 4.37. The molecule has 0 aromatic heterocycles. The summed E-state index contributed by atoms with van der Waals surface area (Å²) in [4.78, 5) is 31.8. The molecule has 0 radical (unpaired) electrons. The number of likely N-dealkylation sites (tertiary alicyclic amines) is 2. The van der Waals surface area contributed by atoms with Crippen LogP contribution in [0.3, 0.4) is 0 Å². The molecule has 2 saturated heterocycles. The third-order valence-electron chi connectivity index (χ3n) is 7.19. The van der Waals surface area contributed by atoms with Gasteiger partial charge in [-0.05, 0) is 51.5 Å². The number of carbonyl (C=O) groups is 2. The van der Waals surface area contributed by atoms with Gasteiger partial charge in [0.15, 0.2) is 5.78 Å². The van der Waals surface area contributed by atoms with E-state index in [1.54, 1.807) is 4.90 Å². The predicted molar refractivity (Wildman–Crippen MR) is 124 cm³/mol. The predicted octanol–water partition coefficient (Wildman–Crippen LogP) is 2.87. The average molecular weight is 439 g/mol. The van der Waals surface area contributed by atoms with Gasteiger partial charge in [-0.25, -0.2) is 0 Å². The van der Waals surface area contributed by atoms with Crippen LogP contribution < -0.4 is 0 Å². The zero-order chi connectivity index (χ0) is 22.5. The lowest BCUT2D eigenvalue weighted by Gasteiger charge is -2.32. The van der Waals surface area contributed by atoms with Crippen LogP contribution in [0.4, 0.5) is 0 Å². The minimum atomic E-state index is -0.284. The van der Waals surface area contributed by atoms with Gasteiger partial charge < -0.3 is 19.9 Å². The summed E-state index contributed by atoms with van der Waals surface area (Å²) < 4.78 is 0. The van der Waals surface area contributed by atoms with Crippen molar-refractivity contribution in [3.05, 3.63) is 48.2 Å². The van der Waals surface area contributed by atoms with Crippen LogP contribution in [0.1, 0.15) is 42.5 Å². The Labute approximate surface area is 190 Å². The van der Waals surface area contributed by atoms with E-state index in [0.29, 0.717) is 18.7 Å². The first-order chi connectivity index (χ1) is 15.6. The fourth-order valence-corrected chi connectivity index (χ4v) is 5.20. The number of piperidine rings is 1. The lowest BCUT2D eigenvalue weighted by molar-refractivity contribution is -0.134. The van der Waals surface area contributed by atoms with Gasteiger partial charge in [-0.15, -0.1) is 0 Å². The first-order valence-corrected chi connectivity index (χ1v) is 11.8. The van der Waals surface area contributed by atoms with Gasteiger partial charge in [-0.2, -0.15) is 0 Å². The van der Waals surface area contributed by atoms with Gasteiger partial charge >= 0.3 is 0 Å². The largest absolute Gasteiger partial charge is 0.411 e. The zero-order valence-corrected chi connectivity index (χ0v) is 18.9. The number of likely N-dealkylation sites (N-methyl/N-ethyl adjacent to an activating group) is 1. The van der Waals surface area contributed by atoms with Gasteiger partial charge in [-0.3, -0.25) is 9.59 Å². The van der Waals surface area contributed by atoms with Crippen LogP contribution in [0.5, 0.6) is 0 Å². The van der Waals surface area contributed by atoms with Crippen LogP contribution in [-0.4, -0.2) is 83.1 Å². The first kappa shape index (κ1) is 22.5. The van der Waals surface area contributed by atoms with E-state index in [1.165, 1.54) is 0 Å². The molecule has 1 N–H and O–H groups in total. The van der Waals surface area contributed by atoms with E-state index in [4.69, 9.17) is 0 Å². The van der Waals surface area contributed by atoms with Gasteiger partial charge in [0, 0.05) is 44.0 Å². The van der Waals surface area contributed by atoms with Crippen molar-refractivity contribution in [3.63, 3.8) is 0 Å². The van der Waals surface area contributed by atoms with E-state index in [1.807, 2.05) is 49.7 Å². The Bertz CT molecular complexity index is 861. The monoisotopic (exact) mass is 438 g/mol. The van der Waals surface area contributed by atoms with Crippen LogP contribution in [0.15, 0.2) is 47.8 Å². The topological polar surface area (TPSA) is 76.5 Å². The van der Waals surface area contributed by atoms with E-state index in [2.05, 4.69) is 15.0 Å². The maximum atomic E-state index is 12.8. The normalized spacial score (nSPS) is 25.9. The molecule has 0 saturated carbocycles. The molecule has 1 amide bonds. The molecule has 0 aliphatic carbocycles. The standard InChI is InChI=1S/C25H34N4O3/c1-27-15-12-22(26-32)21-11-18-29(23(21)25(27)31)14-6-5-13-28-16-9-20(10-17-28)24(30)19-7-3-2-4-8-19/h2-4,7-8,11,18,20-21,23,32H,5-6,9-10,12-17H2,1H3/b26-22-.